The molecular weight excluding hydrogens is 372 g/mol. The maximum Gasteiger partial charge on any atom is 0.408 e. The molecule has 0 bridgehead atoms. The quantitative estimate of drug-likeness (QED) is 0.780. The summed E-state index contributed by atoms with van der Waals surface area (Å²) in [7, 11) is 2.98. The van der Waals surface area contributed by atoms with Crippen molar-refractivity contribution in [1.29, 1.82) is 0 Å². The molecule has 0 radical (unpaired) electrons. The molecule has 156 valence electrons. The predicted octanol–water partition coefficient (Wildman–Crippen LogP) is 2.97. The van der Waals surface area contributed by atoms with E-state index in [1.54, 1.807) is 34.0 Å². The molecule has 1 heterocycles. The Kier molecular flexibility index (Phi) is 6.84. The Hall–Kier alpha value is -3.09. The maximum absolute atomic E-state index is 12.5. The van der Waals surface area contributed by atoms with Crippen LogP contribution in [0.25, 0.3) is 11.1 Å². The molecule has 0 saturated heterocycles. The number of rotatable bonds is 5. The molecule has 0 spiro atoms. The van der Waals surface area contributed by atoms with Crippen molar-refractivity contribution in [2.45, 2.75) is 45.8 Å². The minimum atomic E-state index is -0.882. The van der Waals surface area contributed by atoms with E-state index in [0.29, 0.717) is 5.56 Å². The van der Waals surface area contributed by atoms with Gasteiger partial charge in [-0.05, 0) is 50.5 Å². The van der Waals surface area contributed by atoms with Gasteiger partial charge in [0.05, 0.1) is 12.7 Å². The molecule has 7 nitrogen and oxygen atoms in total. The van der Waals surface area contributed by atoms with Gasteiger partial charge < -0.3 is 19.4 Å². The molecule has 1 N–H and O–H groups in total. The van der Waals surface area contributed by atoms with Crippen molar-refractivity contribution in [3.8, 4) is 11.1 Å². The zero-order valence-electron chi connectivity index (χ0n) is 17.7. The monoisotopic (exact) mass is 400 g/mol. The zero-order valence-corrected chi connectivity index (χ0v) is 17.7. The fourth-order valence-corrected chi connectivity index (χ4v) is 2.90. The molecule has 1 aromatic carbocycles. The van der Waals surface area contributed by atoms with Crippen molar-refractivity contribution in [2.75, 3.05) is 7.11 Å². The fraction of sp³-hybridized carbons (Fsp3) is 0.409. The summed E-state index contributed by atoms with van der Waals surface area (Å²) in [6.45, 7) is 7.12. The highest BCUT2D eigenvalue weighted by Gasteiger charge is 2.25. The molecule has 1 aromatic heterocycles. The number of alkyl carbamates (subject to hydrolysis) is 1. The maximum atomic E-state index is 12.5. The van der Waals surface area contributed by atoms with Crippen LogP contribution in [-0.2, 0) is 27.7 Å². The van der Waals surface area contributed by atoms with E-state index in [1.165, 1.54) is 11.7 Å². The van der Waals surface area contributed by atoms with Crippen LogP contribution in [0.15, 0.2) is 41.3 Å². The van der Waals surface area contributed by atoms with E-state index in [2.05, 4.69) is 5.32 Å². The van der Waals surface area contributed by atoms with Gasteiger partial charge in [-0.3, -0.25) is 4.79 Å². The molecule has 1 unspecified atom stereocenters. The van der Waals surface area contributed by atoms with Crippen LogP contribution in [0.1, 0.15) is 31.9 Å². The molecule has 1 atom stereocenters. The van der Waals surface area contributed by atoms with Crippen molar-refractivity contribution in [3.05, 3.63) is 58.0 Å². The molecule has 2 rings (SSSR count). The van der Waals surface area contributed by atoms with E-state index in [0.717, 1.165) is 16.7 Å². The van der Waals surface area contributed by atoms with Gasteiger partial charge in [0.15, 0.2) is 0 Å². The SMILES string of the molecule is COC(=O)C(Cc1ccc(-c2c(C)ccn(C)c2=O)cc1)NC(=O)OC(C)(C)C. The van der Waals surface area contributed by atoms with Crippen molar-refractivity contribution in [3.63, 3.8) is 0 Å². The lowest BCUT2D eigenvalue weighted by atomic mass is 9.99. The number of pyridine rings is 1. The lowest BCUT2D eigenvalue weighted by molar-refractivity contribution is -0.143. The Morgan fingerprint density at radius 1 is 1.14 bits per heavy atom. The van der Waals surface area contributed by atoms with E-state index in [4.69, 9.17) is 9.47 Å². The normalized spacial score (nSPS) is 12.2. The highest BCUT2D eigenvalue weighted by molar-refractivity contribution is 5.81. The second-order valence-corrected chi connectivity index (χ2v) is 7.91. The summed E-state index contributed by atoms with van der Waals surface area (Å²) in [6.07, 6.45) is 1.28. The average molecular weight is 400 g/mol. The van der Waals surface area contributed by atoms with Gasteiger partial charge in [0.25, 0.3) is 5.56 Å². The minimum absolute atomic E-state index is 0.0724. The molecule has 7 heteroatoms. The molecule has 0 aliphatic rings. The van der Waals surface area contributed by atoms with Gasteiger partial charge in [-0.1, -0.05) is 24.3 Å². The van der Waals surface area contributed by atoms with Crippen LogP contribution in [0, 0.1) is 6.92 Å². The Balaban J connectivity index is 2.21. The highest BCUT2D eigenvalue weighted by atomic mass is 16.6. The summed E-state index contributed by atoms with van der Waals surface area (Å²) in [5.41, 5.74) is 2.38. The van der Waals surface area contributed by atoms with E-state index in [1.807, 2.05) is 37.3 Å². The van der Waals surface area contributed by atoms with Crippen molar-refractivity contribution in [1.82, 2.24) is 9.88 Å². The van der Waals surface area contributed by atoms with Gasteiger partial charge in [-0.15, -0.1) is 0 Å². The molecule has 0 aliphatic carbocycles. The topological polar surface area (TPSA) is 86.6 Å². The molecular formula is C22H28N2O5. The number of benzene rings is 1. The number of nitrogens with zero attached hydrogens (tertiary/aromatic N) is 1. The van der Waals surface area contributed by atoms with E-state index in [9.17, 15) is 14.4 Å². The molecule has 0 saturated carbocycles. The van der Waals surface area contributed by atoms with Crippen LogP contribution in [0.4, 0.5) is 4.79 Å². The Morgan fingerprint density at radius 3 is 2.31 bits per heavy atom. The fourth-order valence-electron chi connectivity index (χ4n) is 2.90. The number of aryl methyl sites for hydroxylation is 2. The third-order valence-electron chi connectivity index (χ3n) is 4.34. The molecule has 0 aliphatic heterocycles. The summed E-state index contributed by atoms with van der Waals surface area (Å²) in [4.78, 5) is 36.6. The number of nitrogens with one attached hydrogen (secondary N) is 1. The van der Waals surface area contributed by atoms with E-state index >= 15 is 0 Å². The molecule has 0 fully saturated rings. The smallest absolute Gasteiger partial charge is 0.408 e. The van der Waals surface area contributed by atoms with Crippen LogP contribution in [0.5, 0.6) is 0 Å². The Labute approximate surface area is 170 Å². The Bertz CT molecular complexity index is 939. The predicted molar refractivity (Wildman–Crippen MR) is 111 cm³/mol. The third-order valence-corrected chi connectivity index (χ3v) is 4.34. The van der Waals surface area contributed by atoms with Crippen LogP contribution in [0.3, 0.4) is 0 Å². The van der Waals surface area contributed by atoms with Crippen molar-refractivity contribution >= 4 is 12.1 Å². The number of methoxy groups -OCH3 is 1. The average Bonchev–Trinajstić information content (AvgIpc) is 2.63. The van der Waals surface area contributed by atoms with Crippen LogP contribution in [-0.4, -0.2) is 35.4 Å². The molecule has 29 heavy (non-hydrogen) atoms. The largest absolute Gasteiger partial charge is 0.467 e. The summed E-state index contributed by atoms with van der Waals surface area (Å²) < 4.78 is 11.6. The lowest BCUT2D eigenvalue weighted by Gasteiger charge is -2.22. The van der Waals surface area contributed by atoms with Gasteiger partial charge in [-0.25, -0.2) is 9.59 Å². The van der Waals surface area contributed by atoms with E-state index in [-0.39, 0.29) is 12.0 Å². The van der Waals surface area contributed by atoms with Gasteiger partial charge in [0, 0.05) is 19.7 Å². The number of aromatic nitrogens is 1. The zero-order chi connectivity index (χ0) is 21.8. The van der Waals surface area contributed by atoms with Crippen molar-refractivity contribution in [2.24, 2.45) is 7.05 Å². The van der Waals surface area contributed by atoms with Crippen LogP contribution >= 0.6 is 0 Å². The first-order chi connectivity index (χ1) is 13.5. The summed E-state index contributed by atoms with van der Waals surface area (Å²) in [5, 5.41) is 2.56. The summed E-state index contributed by atoms with van der Waals surface area (Å²) in [6, 6.07) is 8.33. The van der Waals surface area contributed by atoms with Crippen molar-refractivity contribution < 1.29 is 19.1 Å². The van der Waals surface area contributed by atoms with Gasteiger partial charge >= 0.3 is 12.1 Å². The summed E-state index contributed by atoms with van der Waals surface area (Å²) in [5.74, 6) is -0.562. The number of carbonyl (C=O) groups is 2. The van der Waals surface area contributed by atoms with Gasteiger partial charge in [-0.2, -0.15) is 0 Å². The summed E-state index contributed by atoms with van der Waals surface area (Å²) >= 11 is 0. The molecule has 1 amide bonds. The number of ether oxygens (including phenoxy) is 2. The highest BCUT2D eigenvalue weighted by Crippen LogP contribution is 2.20. The van der Waals surface area contributed by atoms with Gasteiger partial charge in [0.2, 0.25) is 0 Å². The standard InChI is InChI=1S/C22H28N2O5/c1-14-11-12-24(5)19(25)18(14)16-9-7-15(8-10-16)13-17(20(26)28-6)23-21(27)29-22(2,3)4/h7-12,17H,13H2,1-6H3,(H,23,27). The number of esters is 1. The first-order valence-electron chi connectivity index (χ1n) is 9.34. The second kappa shape index (κ2) is 8.94. The molecule has 2 aromatic rings. The van der Waals surface area contributed by atoms with E-state index < -0.39 is 23.7 Å². The number of hydrogen-bond donors (Lipinski definition) is 1. The number of carbonyl (C=O) groups excluding carboxylic acids is 2. The minimum Gasteiger partial charge on any atom is -0.467 e. The number of hydrogen-bond acceptors (Lipinski definition) is 5. The first kappa shape index (κ1) is 22.2. The van der Waals surface area contributed by atoms with Crippen LogP contribution < -0.4 is 10.9 Å². The second-order valence-electron chi connectivity index (χ2n) is 7.91. The number of amides is 1. The lowest BCUT2D eigenvalue weighted by Crippen LogP contribution is -2.45. The van der Waals surface area contributed by atoms with Gasteiger partial charge in [0.1, 0.15) is 11.6 Å². The third kappa shape index (κ3) is 5.94. The Morgan fingerprint density at radius 2 is 1.76 bits per heavy atom. The first-order valence-corrected chi connectivity index (χ1v) is 9.34. The van der Waals surface area contributed by atoms with Crippen LogP contribution in [0.2, 0.25) is 0 Å².